The molecule has 0 bridgehead atoms. The van der Waals surface area contributed by atoms with E-state index in [1.165, 1.54) is 62.8 Å². The van der Waals surface area contributed by atoms with E-state index in [4.69, 9.17) is 9.47 Å². The number of carbonyl (C=O) groups is 1. The van der Waals surface area contributed by atoms with Gasteiger partial charge in [-0.1, -0.05) is 23.8 Å². The van der Waals surface area contributed by atoms with Crippen molar-refractivity contribution in [2.45, 2.75) is 22.9 Å². The molecule has 0 aromatic heterocycles. The fourth-order valence-electron chi connectivity index (χ4n) is 4.15. The lowest BCUT2D eigenvalue weighted by Gasteiger charge is -2.26. The fraction of sp³-hybridized carbons (Fsp3) is 0.167. The topological polar surface area (TPSA) is 131 Å². The summed E-state index contributed by atoms with van der Waals surface area (Å²) in [5.41, 5.74) is -0.281. The lowest BCUT2D eigenvalue weighted by Crippen LogP contribution is -2.38. The largest absolute Gasteiger partial charge is 0.497 e. The van der Waals surface area contributed by atoms with Crippen molar-refractivity contribution < 1.29 is 44.3 Å². The van der Waals surface area contributed by atoms with Gasteiger partial charge < -0.3 is 14.8 Å². The first-order valence-electron chi connectivity index (χ1n) is 13.1. The number of methoxy groups -OCH3 is 2. The number of rotatable bonds is 11. The van der Waals surface area contributed by atoms with Gasteiger partial charge >= 0.3 is 6.18 Å². The number of aryl methyl sites for hydroxylation is 1. The molecule has 2 N–H and O–H groups in total. The molecule has 4 aromatic rings. The van der Waals surface area contributed by atoms with E-state index in [9.17, 15) is 34.8 Å². The smallest absolute Gasteiger partial charge is 0.416 e. The number of nitrogens with one attached hydrogen (secondary N) is 2. The third kappa shape index (κ3) is 7.85. The maximum Gasteiger partial charge on any atom is 0.416 e. The summed E-state index contributed by atoms with van der Waals surface area (Å²) in [5, 5.41) is 2.54. The summed E-state index contributed by atoms with van der Waals surface area (Å²) < 4.78 is 106. The molecule has 0 fully saturated rings. The second-order valence-corrected chi connectivity index (χ2v) is 13.2. The van der Waals surface area contributed by atoms with E-state index in [-0.39, 0.29) is 32.6 Å². The van der Waals surface area contributed by atoms with Crippen LogP contribution < -0.4 is 23.8 Å². The number of carbonyl (C=O) groups excluding carboxylic acids is 1. The Morgan fingerprint density at radius 1 is 0.800 bits per heavy atom. The van der Waals surface area contributed by atoms with Crippen LogP contribution >= 0.6 is 0 Å². The van der Waals surface area contributed by atoms with Gasteiger partial charge in [0.25, 0.3) is 20.0 Å². The zero-order chi connectivity index (χ0) is 33.0. The van der Waals surface area contributed by atoms with E-state index in [0.717, 1.165) is 34.1 Å². The van der Waals surface area contributed by atoms with Gasteiger partial charge in [-0.15, -0.1) is 0 Å². The Bertz CT molecular complexity index is 1900. The normalized spacial score (nSPS) is 11.9. The molecule has 0 saturated carbocycles. The Balaban J connectivity index is 1.57. The zero-order valence-electron chi connectivity index (χ0n) is 24.1. The zero-order valence-corrected chi connectivity index (χ0v) is 25.8. The van der Waals surface area contributed by atoms with Gasteiger partial charge in [0, 0.05) is 17.4 Å². The Labute approximate surface area is 258 Å². The Kier molecular flexibility index (Phi) is 9.63. The van der Waals surface area contributed by atoms with E-state index < -0.39 is 44.2 Å². The minimum absolute atomic E-state index is 0.0659. The maximum absolute atomic E-state index is 13.8. The van der Waals surface area contributed by atoms with Crippen LogP contribution in [0.15, 0.2) is 101 Å². The lowest BCUT2D eigenvalue weighted by molar-refractivity contribution is -0.137. The predicted octanol–water partition coefficient (Wildman–Crippen LogP) is 5.67. The lowest BCUT2D eigenvalue weighted by atomic mass is 10.2. The summed E-state index contributed by atoms with van der Waals surface area (Å²) in [5.74, 6) is -0.243. The molecule has 0 heterocycles. The molecule has 0 atom stereocenters. The number of anilines is 3. The second-order valence-electron chi connectivity index (χ2n) is 9.62. The van der Waals surface area contributed by atoms with Crippen LogP contribution in [0.5, 0.6) is 11.5 Å². The van der Waals surface area contributed by atoms with Gasteiger partial charge in [0.05, 0.1) is 35.3 Å². The third-order valence-corrected chi connectivity index (χ3v) is 9.61. The SMILES string of the molecule is COc1ccc(N(CC(=O)Nc2ccc(S(=O)(=O)Nc3cccc(C(F)(F)F)c3)cc2)S(=O)(=O)c2ccc(C)cc2)c(OC)c1. The second kappa shape index (κ2) is 13.1. The van der Waals surface area contributed by atoms with Gasteiger partial charge in [-0.2, -0.15) is 13.2 Å². The highest BCUT2D eigenvalue weighted by molar-refractivity contribution is 7.93. The summed E-state index contributed by atoms with van der Waals surface area (Å²) in [6.45, 7) is 1.11. The molecule has 0 aliphatic heterocycles. The van der Waals surface area contributed by atoms with E-state index in [0.29, 0.717) is 11.8 Å². The first kappa shape index (κ1) is 33.1. The number of halogens is 3. The van der Waals surface area contributed by atoms with Crippen molar-refractivity contribution in [3.63, 3.8) is 0 Å². The van der Waals surface area contributed by atoms with E-state index >= 15 is 0 Å². The average molecular weight is 664 g/mol. The molecule has 238 valence electrons. The van der Waals surface area contributed by atoms with Gasteiger partial charge in [-0.25, -0.2) is 16.8 Å². The molecule has 45 heavy (non-hydrogen) atoms. The summed E-state index contributed by atoms with van der Waals surface area (Å²) in [6, 6.07) is 19.0. The van der Waals surface area contributed by atoms with Crippen molar-refractivity contribution in [1.29, 1.82) is 0 Å². The van der Waals surface area contributed by atoms with E-state index in [1.54, 1.807) is 19.1 Å². The van der Waals surface area contributed by atoms with Crippen LogP contribution in [-0.2, 0) is 31.0 Å². The van der Waals surface area contributed by atoms with Crippen molar-refractivity contribution in [3.05, 3.63) is 102 Å². The van der Waals surface area contributed by atoms with Crippen LogP contribution in [0.2, 0.25) is 0 Å². The summed E-state index contributed by atoms with van der Waals surface area (Å²) in [6.07, 6.45) is -4.66. The molecule has 0 aliphatic rings. The summed E-state index contributed by atoms with van der Waals surface area (Å²) in [7, 11) is -5.80. The number of amides is 1. The number of hydrogen-bond acceptors (Lipinski definition) is 7. The predicted molar refractivity (Wildman–Crippen MR) is 163 cm³/mol. The highest BCUT2D eigenvalue weighted by Crippen LogP contribution is 2.36. The number of alkyl halides is 3. The quantitative estimate of drug-likeness (QED) is 0.212. The van der Waals surface area contributed by atoms with Gasteiger partial charge in [-0.3, -0.25) is 13.8 Å². The number of sulfonamides is 2. The molecule has 4 rings (SSSR count). The molecule has 0 unspecified atom stereocenters. The molecule has 0 radical (unpaired) electrons. The van der Waals surface area contributed by atoms with Gasteiger partial charge in [0.2, 0.25) is 5.91 Å². The number of benzene rings is 4. The van der Waals surface area contributed by atoms with Gasteiger partial charge in [0.15, 0.2) is 0 Å². The van der Waals surface area contributed by atoms with Crippen LogP contribution in [-0.4, -0.2) is 43.5 Å². The van der Waals surface area contributed by atoms with E-state index in [2.05, 4.69) is 10.0 Å². The number of hydrogen-bond donors (Lipinski definition) is 2. The molecule has 10 nitrogen and oxygen atoms in total. The fourth-order valence-corrected chi connectivity index (χ4v) is 6.63. The van der Waals surface area contributed by atoms with Crippen molar-refractivity contribution in [3.8, 4) is 11.5 Å². The monoisotopic (exact) mass is 663 g/mol. The molecular weight excluding hydrogens is 635 g/mol. The Hall–Kier alpha value is -4.76. The number of ether oxygens (including phenoxy) is 2. The van der Waals surface area contributed by atoms with Crippen LogP contribution in [0.1, 0.15) is 11.1 Å². The van der Waals surface area contributed by atoms with Gasteiger partial charge in [-0.05, 0) is 73.7 Å². The Morgan fingerprint density at radius 2 is 1.44 bits per heavy atom. The van der Waals surface area contributed by atoms with Crippen molar-refractivity contribution in [2.24, 2.45) is 0 Å². The van der Waals surface area contributed by atoms with Crippen LogP contribution in [0.3, 0.4) is 0 Å². The average Bonchev–Trinajstić information content (AvgIpc) is 2.99. The van der Waals surface area contributed by atoms with Crippen molar-refractivity contribution >= 4 is 43.0 Å². The van der Waals surface area contributed by atoms with Crippen LogP contribution in [0.4, 0.5) is 30.2 Å². The molecule has 15 heteroatoms. The number of nitrogens with zero attached hydrogens (tertiary/aromatic N) is 1. The standard InChI is InChI=1S/C30H28F3N3O7S2/c1-20-7-12-26(13-8-20)45(40,41)36(27-16-11-24(42-2)18-28(27)43-3)19-29(37)34-22-9-14-25(15-10-22)44(38,39)35-23-6-4-5-21(17-23)30(31,32)33/h4-18,35H,19H2,1-3H3,(H,34,37). The summed E-state index contributed by atoms with van der Waals surface area (Å²) in [4.78, 5) is 12.8. The van der Waals surface area contributed by atoms with Crippen LogP contribution in [0.25, 0.3) is 0 Å². The molecule has 4 aromatic carbocycles. The maximum atomic E-state index is 13.8. The van der Waals surface area contributed by atoms with Gasteiger partial charge in [0.1, 0.15) is 18.0 Å². The van der Waals surface area contributed by atoms with Crippen LogP contribution in [0, 0.1) is 6.92 Å². The van der Waals surface area contributed by atoms with Crippen molar-refractivity contribution in [1.82, 2.24) is 0 Å². The first-order valence-corrected chi connectivity index (χ1v) is 16.0. The minimum atomic E-state index is -4.66. The molecular formula is C30H28F3N3O7S2. The molecule has 0 spiro atoms. The minimum Gasteiger partial charge on any atom is -0.497 e. The van der Waals surface area contributed by atoms with E-state index in [1.807, 2.05) is 0 Å². The third-order valence-electron chi connectivity index (χ3n) is 6.44. The van der Waals surface area contributed by atoms with Crippen molar-refractivity contribution in [2.75, 3.05) is 35.1 Å². The first-order chi connectivity index (χ1) is 21.1. The molecule has 0 saturated heterocycles. The summed E-state index contributed by atoms with van der Waals surface area (Å²) >= 11 is 0. The molecule has 1 amide bonds. The highest BCUT2D eigenvalue weighted by Gasteiger charge is 2.31. The Morgan fingerprint density at radius 3 is 2.04 bits per heavy atom. The molecule has 0 aliphatic carbocycles. The highest BCUT2D eigenvalue weighted by atomic mass is 32.2.